The van der Waals surface area contributed by atoms with Crippen LogP contribution in [-0.4, -0.2) is 19.6 Å². The molecule has 0 unspecified atom stereocenters. The number of thiocarbonyl (C=S) groups is 1. The van der Waals surface area contributed by atoms with Crippen LogP contribution in [0.4, 0.5) is 5.69 Å². The second-order valence-electron chi connectivity index (χ2n) is 6.33. The zero-order chi connectivity index (χ0) is 19.8. The zero-order valence-corrected chi connectivity index (χ0v) is 17.0. The molecule has 0 saturated carbocycles. The Bertz CT molecular complexity index is 1160. The van der Waals surface area contributed by atoms with Gasteiger partial charge in [0.2, 0.25) is 0 Å². The van der Waals surface area contributed by atoms with Gasteiger partial charge in [-0.3, -0.25) is 19.2 Å². The van der Waals surface area contributed by atoms with Crippen molar-refractivity contribution in [1.29, 1.82) is 0 Å². The Kier molecular flexibility index (Phi) is 4.78. The molecule has 1 saturated heterocycles. The van der Waals surface area contributed by atoms with Crippen molar-refractivity contribution in [2.45, 2.75) is 6.92 Å². The third kappa shape index (κ3) is 3.02. The first-order valence-corrected chi connectivity index (χ1v) is 9.88. The highest BCUT2D eigenvalue weighted by molar-refractivity contribution is 8.27. The average molecular weight is 408 g/mol. The summed E-state index contributed by atoms with van der Waals surface area (Å²) in [5.41, 5.74) is 2.59. The number of aromatic nitrogens is 2. The summed E-state index contributed by atoms with van der Waals surface area (Å²) in [6.45, 7) is 1.87. The van der Waals surface area contributed by atoms with Gasteiger partial charge in [-0.2, -0.15) is 0 Å². The Morgan fingerprint density at radius 1 is 0.929 bits per heavy atom. The van der Waals surface area contributed by atoms with E-state index < -0.39 is 0 Å². The van der Waals surface area contributed by atoms with E-state index in [0.717, 1.165) is 17.1 Å². The molecule has 0 bridgehead atoms. The van der Waals surface area contributed by atoms with Gasteiger partial charge in [0, 0.05) is 12.7 Å². The quantitative estimate of drug-likeness (QED) is 0.488. The van der Waals surface area contributed by atoms with Crippen LogP contribution in [-0.2, 0) is 11.8 Å². The molecule has 28 heavy (non-hydrogen) atoms. The van der Waals surface area contributed by atoms with Gasteiger partial charge in [-0.05, 0) is 37.3 Å². The topological polar surface area (TPSA) is 47.2 Å². The maximum absolute atomic E-state index is 13.1. The number of carbonyl (C=O) groups is 1. The molecule has 0 aliphatic carbocycles. The van der Waals surface area contributed by atoms with Gasteiger partial charge in [-0.25, -0.2) is 4.68 Å². The molecule has 0 radical (unpaired) electrons. The molecule has 2 heterocycles. The fraction of sp³-hybridized carbons (Fsp3) is 0.0952. The second-order valence-corrected chi connectivity index (χ2v) is 8.00. The molecule has 0 N–H and O–H groups in total. The van der Waals surface area contributed by atoms with E-state index in [2.05, 4.69) is 0 Å². The summed E-state index contributed by atoms with van der Waals surface area (Å²) in [4.78, 5) is 28.0. The van der Waals surface area contributed by atoms with Gasteiger partial charge in [0.15, 0.2) is 4.32 Å². The highest BCUT2D eigenvalue weighted by Crippen LogP contribution is 2.35. The van der Waals surface area contributed by atoms with Crippen LogP contribution in [0.5, 0.6) is 0 Å². The van der Waals surface area contributed by atoms with E-state index in [1.165, 1.54) is 16.7 Å². The fourth-order valence-electron chi connectivity index (χ4n) is 3.15. The van der Waals surface area contributed by atoms with E-state index in [1.54, 1.807) is 15.4 Å². The number of amides is 1. The molecule has 2 aromatic carbocycles. The summed E-state index contributed by atoms with van der Waals surface area (Å²) in [5, 5.41) is 0. The summed E-state index contributed by atoms with van der Waals surface area (Å²) in [5.74, 6) is -0.213. The Labute approximate surface area is 171 Å². The maximum Gasteiger partial charge on any atom is 0.278 e. The van der Waals surface area contributed by atoms with Crippen molar-refractivity contribution in [3.05, 3.63) is 87.2 Å². The predicted octanol–water partition coefficient (Wildman–Crippen LogP) is 3.89. The van der Waals surface area contributed by atoms with Crippen LogP contribution in [0.3, 0.4) is 0 Å². The molecular formula is C21H17N3O2S2. The van der Waals surface area contributed by atoms with Crippen molar-refractivity contribution in [3.8, 4) is 5.69 Å². The highest BCUT2D eigenvalue weighted by atomic mass is 32.2. The highest BCUT2D eigenvalue weighted by Gasteiger charge is 2.33. The smallest absolute Gasteiger partial charge is 0.278 e. The summed E-state index contributed by atoms with van der Waals surface area (Å²) in [7, 11) is 1.83. The van der Waals surface area contributed by atoms with E-state index in [0.29, 0.717) is 14.8 Å². The SMILES string of the molecule is Cc1c(C=C2SC(=S)N(c3ccccc3)C2=O)c(=O)n(-c2ccccc2)n1C. The summed E-state index contributed by atoms with van der Waals surface area (Å²) < 4.78 is 3.85. The number of nitrogens with zero attached hydrogens (tertiary/aromatic N) is 3. The molecule has 1 amide bonds. The lowest BCUT2D eigenvalue weighted by molar-refractivity contribution is -0.113. The number of para-hydroxylation sites is 2. The van der Waals surface area contributed by atoms with Gasteiger partial charge in [-0.1, -0.05) is 60.4 Å². The lowest BCUT2D eigenvalue weighted by Crippen LogP contribution is -2.27. The number of hydrogen-bond donors (Lipinski definition) is 0. The Hall–Kier alpha value is -2.90. The monoisotopic (exact) mass is 407 g/mol. The molecule has 0 atom stereocenters. The molecule has 1 aliphatic rings. The molecule has 4 rings (SSSR count). The number of benzene rings is 2. The first-order valence-electron chi connectivity index (χ1n) is 8.66. The molecule has 1 fully saturated rings. The molecule has 1 aliphatic heterocycles. The van der Waals surface area contributed by atoms with Crippen molar-refractivity contribution in [2.75, 3.05) is 4.90 Å². The van der Waals surface area contributed by atoms with Crippen molar-refractivity contribution < 1.29 is 4.79 Å². The number of thioether (sulfide) groups is 1. The molecule has 140 valence electrons. The Morgan fingerprint density at radius 3 is 2.11 bits per heavy atom. The lowest BCUT2D eigenvalue weighted by atomic mass is 10.2. The number of carbonyl (C=O) groups excluding carboxylic acids is 1. The zero-order valence-electron chi connectivity index (χ0n) is 15.3. The number of rotatable bonds is 3. The van der Waals surface area contributed by atoms with E-state index in [4.69, 9.17) is 12.2 Å². The standard InChI is InChI=1S/C21H17N3O2S2/c1-14-17(19(25)24(22(14)2)16-11-7-4-8-12-16)13-18-20(26)23(21(27)28-18)15-9-5-3-6-10-15/h3-13H,1-2H3. The van der Waals surface area contributed by atoms with Crippen molar-refractivity contribution in [1.82, 2.24) is 9.36 Å². The van der Waals surface area contributed by atoms with Crippen LogP contribution in [0.1, 0.15) is 11.3 Å². The molecule has 1 aromatic heterocycles. The number of anilines is 1. The number of hydrogen-bond acceptors (Lipinski definition) is 4. The largest absolute Gasteiger partial charge is 0.285 e. The van der Waals surface area contributed by atoms with Crippen molar-refractivity contribution in [3.63, 3.8) is 0 Å². The van der Waals surface area contributed by atoms with Gasteiger partial charge in [0.1, 0.15) is 0 Å². The van der Waals surface area contributed by atoms with Crippen molar-refractivity contribution in [2.24, 2.45) is 7.05 Å². The minimum atomic E-state index is -0.213. The predicted molar refractivity (Wildman–Crippen MR) is 118 cm³/mol. The summed E-state index contributed by atoms with van der Waals surface area (Å²) >= 11 is 6.62. The first-order chi connectivity index (χ1) is 13.5. The van der Waals surface area contributed by atoms with Gasteiger partial charge in [0.05, 0.1) is 21.8 Å². The van der Waals surface area contributed by atoms with Crippen LogP contribution in [0, 0.1) is 6.92 Å². The third-order valence-corrected chi connectivity index (χ3v) is 5.98. The van der Waals surface area contributed by atoms with Crippen LogP contribution in [0.15, 0.2) is 70.4 Å². The summed E-state index contributed by atoms with van der Waals surface area (Å²) in [6.07, 6.45) is 1.65. The molecular weight excluding hydrogens is 390 g/mol. The van der Waals surface area contributed by atoms with Crippen LogP contribution in [0.2, 0.25) is 0 Å². The van der Waals surface area contributed by atoms with Gasteiger partial charge < -0.3 is 0 Å². The molecule has 3 aromatic rings. The molecule has 5 nitrogen and oxygen atoms in total. The van der Waals surface area contributed by atoms with E-state index in [1.807, 2.05) is 74.6 Å². The second kappa shape index (κ2) is 7.26. The van der Waals surface area contributed by atoms with Gasteiger partial charge in [0.25, 0.3) is 11.5 Å². The molecule has 0 spiro atoms. The van der Waals surface area contributed by atoms with E-state index in [9.17, 15) is 9.59 Å². The van der Waals surface area contributed by atoms with Crippen LogP contribution < -0.4 is 10.5 Å². The maximum atomic E-state index is 13.1. The Morgan fingerprint density at radius 2 is 1.50 bits per heavy atom. The van der Waals surface area contributed by atoms with E-state index in [-0.39, 0.29) is 11.5 Å². The van der Waals surface area contributed by atoms with E-state index >= 15 is 0 Å². The average Bonchev–Trinajstić information content (AvgIpc) is 3.10. The van der Waals surface area contributed by atoms with Gasteiger partial charge in [-0.15, -0.1) is 0 Å². The third-order valence-electron chi connectivity index (χ3n) is 4.68. The fourth-order valence-corrected chi connectivity index (χ4v) is 4.43. The Balaban J connectivity index is 1.78. The normalized spacial score (nSPS) is 15.6. The first kappa shape index (κ1) is 18.5. The molecule has 7 heteroatoms. The minimum Gasteiger partial charge on any atom is -0.285 e. The summed E-state index contributed by atoms with van der Waals surface area (Å²) in [6, 6.07) is 18.7. The lowest BCUT2D eigenvalue weighted by Gasteiger charge is -2.13. The van der Waals surface area contributed by atoms with Crippen molar-refractivity contribution >= 4 is 46.0 Å². The van der Waals surface area contributed by atoms with Crippen LogP contribution >= 0.6 is 24.0 Å². The van der Waals surface area contributed by atoms with Crippen LogP contribution in [0.25, 0.3) is 11.8 Å². The minimum absolute atomic E-state index is 0.170. The van der Waals surface area contributed by atoms with Gasteiger partial charge >= 0.3 is 0 Å².